The van der Waals surface area contributed by atoms with Gasteiger partial charge in [-0.25, -0.2) is 4.79 Å². The number of nitrogens with zero attached hydrogens (tertiary/aromatic N) is 1. The van der Waals surface area contributed by atoms with Crippen molar-refractivity contribution in [2.45, 2.75) is 32.4 Å². The minimum Gasteiger partial charge on any atom is -0.507 e. The number of aliphatic hydroxyl groups is 1. The van der Waals surface area contributed by atoms with Gasteiger partial charge >= 0.3 is 5.97 Å². The second kappa shape index (κ2) is 10.3. The van der Waals surface area contributed by atoms with Crippen LogP contribution in [0.1, 0.15) is 52.0 Å². The summed E-state index contributed by atoms with van der Waals surface area (Å²) in [7, 11) is 0. The Morgan fingerprint density at radius 1 is 1.03 bits per heavy atom. The number of benzene rings is 3. The molecule has 2 aliphatic rings. The number of Topliss-reactive ketones (excluding diaryl/α,β-unsaturated/α-hetero) is 1. The number of aliphatic hydroxyl groups excluding tert-OH is 1. The Balaban J connectivity index is 1.53. The molecule has 0 bridgehead atoms. The minimum atomic E-state index is -0.766. The molecule has 1 N–H and O–H groups in total. The van der Waals surface area contributed by atoms with Crippen LogP contribution in [-0.4, -0.2) is 40.9 Å². The number of carbonyl (C=O) groups is 3. The third kappa shape index (κ3) is 4.72. The van der Waals surface area contributed by atoms with Gasteiger partial charge in [0.2, 0.25) is 0 Å². The third-order valence-corrected chi connectivity index (χ3v) is 6.66. The summed E-state index contributed by atoms with van der Waals surface area (Å²) in [6.45, 7) is 2.80. The molecule has 37 heavy (non-hydrogen) atoms. The fourth-order valence-electron chi connectivity index (χ4n) is 4.85. The predicted octanol–water partition coefficient (Wildman–Crippen LogP) is 4.81. The maximum absolute atomic E-state index is 13.3. The summed E-state index contributed by atoms with van der Waals surface area (Å²) < 4.78 is 10.7. The van der Waals surface area contributed by atoms with Crippen LogP contribution in [0, 0.1) is 0 Å². The van der Waals surface area contributed by atoms with E-state index in [1.54, 1.807) is 43.3 Å². The van der Waals surface area contributed by atoms with Crippen LogP contribution in [-0.2, 0) is 27.3 Å². The molecule has 2 heterocycles. The van der Waals surface area contributed by atoms with Gasteiger partial charge in [-0.2, -0.15) is 0 Å². The molecule has 7 heteroatoms. The molecule has 0 saturated carbocycles. The molecule has 0 aliphatic carbocycles. The van der Waals surface area contributed by atoms with E-state index in [9.17, 15) is 19.5 Å². The van der Waals surface area contributed by atoms with Gasteiger partial charge in [0.1, 0.15) is 11.5 Å². The Bertz CT molecular complexity index is 1380. The lowest BCUT2D eigenvalue weighted by Gasteiger charge is -2.25. The van der Waals surface area contributed by atoms with E-state index in [1.807, 2.05) is 36.4 Å². The number of aryl methyl sites for hydroxylation is 1. The molecule has 1 fully saturated rings. The molecule has 0 spiro atoms. The molecule has 5 rings (SSSR count). The highest BCUT2D eigenvalue weighted by atomic mass is 16.5. The van der Waals surface area contributed by atoms with Crippen LogP contribution in [0.5, 0.6) is 5.75 Å². The van der Waals surface area contributed by atoms with Crippen molar-refractivity contribution in [2.24, 2.45) is 0 Å². The topological polar surface area (TPSA) is 93.1 Å². The van der Waals surface area contributed by atoms with E-state index in [4.69, 9.17) is 9.47 Å². The molecule has 0 aromatic heterocycles. The largest absolute Gasteiger partial charge is 0.507 e. The Kier molecular flexibility index (Phi) is 6.77. The number of likely N-dealkylation sites (tertiary alicyclic amines) is 1. The van der Waals surface area contributed by atoms with E-state index in [-0.39, 0.29) is 24.5 Å². The lowest BCUT2D eigenvalue weighted by Crippen LogP contribution is -2.29. The van der Waals surface area contributed by atoms with Gasteiger partial charge in [0.25, 0.3) is 11.7 Å². The number of fused-ring (bicyclic) bond motifs is 1. The van der Waals surface area contributed by atoms with Gasteiger partial charge in [-0.15, -0.1) is 0 Å². The summed E-state index contributed by atoms with van der Waals surface area (Å²) in [5.74, 6) is -1.28. The average Bonchev–Trinajstić information content (AvgIpc) is 3.18. The van der Waals surface area contributed by atoms with Crippen LogP contribution < -0.4 is 4.74 Å². The van der Waals surface area contributed by atoms with Gasteiger partial charge in [-0.05, 0) is 66.8 Å². The lowest BCUT2D eigenvalue weighted by molar-refractivity contribution is -0.140. The first-order valence-corrected chi connectivity index (χ1v) is 12.3. The standard InChI is InChI=1S/C30H27NO6/c1-2-36-30(35)21-12-10-19(11-13-21)18-31-26(20-7-4-3-5-8-20)25(28(33)29(31)34)27(32)23-14-15-24-22(17-23)9-6-16-37-24/h3-5,7-8,10-15,17,26,32H,2,6,9,16,18H2,1H3/b27-25-. The summed E-state index contributed by atoms with van der Waals surface area (Å²) in [5, 5.41) is 11.4. The number of rotatable bonds is 6. The van der Waals surface area contributed by atoms with E-state index in [0.29, 0.717) is 23.3 Å². The van der Waals surface area contributed by atoms with Crippen molar-refractivity contribution in [1.29, 1.82) is 0 Å². The second-order valence-electron chi connectivity index (χ2n) is 9.03. The molecule has 188 valence electrons. The SMILES string of the molecule is CCOC(=O)c1ccc(CN2C(=O)C(=O)/C(=C(\O)c3ccc4c(c3)CCCO4)C2c2ccccc2)cc1. The van der Waals surface area contributed by atoms with Gasteiger partial charge in [-0.1, -0.05) is 42.5 Å². The van der Waals surface area contributed by atoms with E-state index >= 15 is 0 Å². The van der Waals surface area contributed by atoms with E-state index in [2.05, 4.69) is 0 Å². The van der Waals surface area contributed by atoms with Crippen molar-refractivity contribution in [3.05, 3.63) is 106 Å². The Morgan fingerprint density at radius 3 is 2.49 bits per heavy atom. The quantitative estimate of drug-likeness (QED) is 0.227. The monoisotopic (exact) mass is 497 g/mol. The van der Waals surface area contributed by atoms with Crippen LogP contribution in [0.4, 0.5) is 0 Å². The molecule has 3 aromatic carbocycles. The lowest BCUT2D eigenvalue weighted by atomic mass is 9.94. The van der Waals surface area contributed by atoms with Crippen molar-refractivity contribution in [3.63, 3.8) is 0 Å². The van der Waals surface area contributed by atoms with Crippen LogP contribution >= 0.6 is 0 Å². The summed E-state index contributed by atoms with van der Waals surface area (Å²) in [5.41, 5.74) is 3.35. The molecule has 3 aromatic rings. The van der Waals surface area contributed by atoms with Gasteiger partial charge in [-0.3, -0.25) is 9.59 Å². The van der Waals surface area contributed by atoms with Crippen molar-refractivity contribution < 1.29 is 29.0 Å². The molecule has 1 atom stereocenters. The average molecular weight is 498 g/mol. The third-order valence-electron chi connectivity index (χ3n) is 6.66. The number of ketones is 1. The number of hydrogen-bond donors (Lipinski definition) is 1. The highest BCUT2D eigenvalue weighted by Crippen LogP contribution is 2.41. The van der Waals surface area contributed by atoms with Gasteiger partial charge in [0.05, 0.1) is 30.4 Å². The van der Waals surface area contributed by atoms with Crippen LogP contribution in [0.15, 0.2) is 78.4 Å². The van der Waals surface area contributed by atoms with Crippen molar-refractivity contribution in [2.75, 3.05) is 13.2 Å². The number of amides is 1. The first-order chi connectivity index (χ1) is 18.0. The maximum Gasteiger partial charge on any atom is 0.338 e. The fraction of sp³-hybridized carbons (Fsp3) is 0.233. The number of ether oxygens (including phenoxy) is 2. The Labute approximate surface area is 214 Å². The zero-order chi connectivity index (χ0) is 25.9. The van der Waals surface area contributed by atoms with Crippen molar-refractivity contribution >= 4 is 23.4 Å². The zero-order valence-corrected chi connectivity index (χ0v) is 20.5. The van der Waals surface area contributed by atoms with Crippen molar-refractivity contribution in [3.8, 4) is 5.75 Å². The molecule has 7 nitrogen and oxygen atoms in total. The summed E-state index contributed by atoms with van der Waals surface area (Å²) >= 11 is 0. The minimum absolute atomic E-state index is 0.0519. The summed E-state index contributed by atoms with van der Waals surface area (Å²) in [6.07, 6.45) is 1.69. The van der Waals surface area contributed by atoms with E-state index in [0.717, 1.165) is 29.7 Å². The first-order valence-electron chi connectivity index (χ1n) is 12.3. The van der Waals surface area contributed by atoms with E-state index in [1.165, 1.54) is 4.90 Å². The summed E-state index contributed by atoms with van der Waals surface area (Å²) in [6, 6.07) is 20.5. The molecule has 1 amide bonds. The zero-order valence-electron chi connectivity index (χ0n) is 20.5. The predicted molar refractivity (Wildman–Crippen MR) is 137 cm³/mol. The Morgan fingerprint density at radius 2 is 1.76 bits per heavy atom. The number of carbonyl (C=O) groups excluding carboxylic acids is 3. The van der Waals surface area contributed by atoms with Crippen LogP contribution in [0.2, 0.25) is 0 Å². The number of hydrogen-bond acceptors (Lipinski definition) is 6. The highest BCUT2D eigenvalue weighted by molar-refractivity contribution is 6.46. The van der Waals surface area contributed by atoms with Gasteiger partial charge in [0, 0.05) is 12.1 Å². The molecule has 2 aliphatic heterocycles. The van der Waals surface area contributed by atoms with Crippen molar-refractivity contribution in [1.82, 2.24) is 4.90 Å². The first kappa shape index (κ1) is 24.3. The fourth-order valence-corrected chi connectivity index (χ4v) is 4.85. The normalized spacial score (nSPS) is 18.3. The molecular weight excluding hydrogens is 470 g/mol. The van der Waals surface area contributed by atoms with E-state index < -0.39 is 23.7 Å². The number of esters is 1. The smallest absolute Gasteiger partial charge is 0.338 e. The molecule has 0 radical (unpaired) electrons. The maximum atomic E-state index is 13.3. The van der Waals surface area contributed by atoms with Gasteiger partial charge < -0.3 is 19.5 Å². The highest BCUT2D eigenvalue weighted by Gasteiger charge is 2.46. The molecule has 1 unspecified atom stereocenters. The van der Waals surface area contributed by atoms with Crippen LogP contribution in [0.3, 0.4) is 0 Å². The second-order valence-corrected chi connectivity index (χ2v) is 9.03. The Hall–Kier alpha value is -4.39. The molecule has 1 saturated heterocycles. The summed E-state index contributed by atoms with van der Waals surface area (Å²) in [4.78, 5) is 40.0. The molecular formula is C30H27NO6. The van der Waals surface area contributed by atoms with Gasteiger partial charge in [0.15, 0.2) is 0 Å². The van der Waals surface area contributed by atoms with Crippen LogP contribution in [0.25, 0.3) is 5.76 Å².